The predicted octanol–water partition coefficient (Wildman–Crippen LogP) is 4.51. The van der Waals surface area contributed by atoms with E-state index in [0.29, 0.717) is 12.6 Å². The summed E-state index contributed by atoms with van der Waals surface area (Å²) in [7, 11) is 0. The molecule has 0 bridgehead atoms. The van der Waals surface area contributed by atoms with Gasteiger partial charge in [-0.25, -0.2) is 4.79 Å². The van der Waals surface area contributed by atoms with Gasteiger partial charge >= 0.3 is 6.09 Å². The van der Waals surface area contributed by atoms with Crippen LogP contribution in [-0.4, -0.2) is 53.6 Å². The number of carbonyl (C=O) groups is 2. The number of piperidine rings is 1. The number of nitrogens with one attached hydrogen (secondary N) is 1. The maximum atomic E-state index is 13.3. The summed E-state index contributed by atoms with van der Waals surface area (Å²) in [5.41, 5.74) is 3.46. The molecule has 1 saturated heterocycles. The van der Waals surface area contributed by atoms with E-state index in [4.69, 9.17) is 4.74 Å². The highest BCUT2D eigenvalue weighted by Gasteiger charge is 2.35. The quantitative estimate of drug-likeness (QED) is 0.722. The van der Waals surface area contributed by atoms with E-state index in [-0.39, 0.29) is 24.1 Å². The summed E-state index contributed by atoms with van der Waals surface area (Å²) in [4.78, 5) is 29.3. The van der Waals surface area contributed by atoms with E-state index in [1.807, 2.05) is 31.3 Å². The smallest absolute Gasteiger partial charge is 0.414 e. The first-order valence-corrected chi connectivity index (χ1v) is 12.7. The molecule has 1 N–H and O–H groups in total. The highest BCUT2D eigenvalue weighted by Crippen LogP contribution is 2.39. The SMILES string of the molecule is CC(=O)N1c2ccc(-c3cnn(C4CCNCC4)c3)cc2N(C(=O)OC2CCCCC2)C[C@@H]1C. The third-order valence-corrected chi connectivity index (χ3v) is 7.41. The predicted molar refractivity (Wildman–Crippen MR) is 132 cm³/mol. The maximum Gasteiger partial charge on any atom is 0.414 e. The van der Waals surface area contributed by atoms with Crippen LogP contribution in [0.4, 0.5) is 16.2 Å². The van der Waals surface area contributed by atoms with Crippen LogP contribution in [-0.2, 0) is 9.53 Å². The molecule has 1 aromatic heterocycles. The van der Waals surface area contributed by atoms with Crippen molar-refractivity contribution >= 4 is 23.4 Å². The Kier molecular flexibility index (Phi) is 6.59. The summed E-state index contributed by atoms with van der Waals surface area (Å²) < 4.78 is 7.99. The second kappa shape index (κ2) is 9.78. The average molecular weight is 466 g/mol. The Bertz CT molecular complexity index is 1040. The van der Waals surface area contributed by atoms with Gasteiger partial charge in [-0.3, -0.25) is 14.4 Å². The molecular weight excluding hydrogens is 430 g/mol. The summed E-state index contributed by atoms with van der Waals surface area (Å²) in [6.07, 6.45) is 11.1. The summed E-state index contributed by atoms with van der Waals surface area (Å²) >= 11 is 0. The number of amides is 2. The van der Waals surface area contributed by atoms with E-state index in [0.717, 1.165) is 74.1 Å². The minimum Gasteiger partial charge on any atom is -0.446 e. The van der Waals surface area contributed by atoms with Gasteiger partial charge in [-0.05, 0) is 76.2 Å². The fourth-order valence-corrected chi connectivity index (χ4v) is 5.60. The van der Waals surface area contributed by atoms with Crippen LogP contribution in [0.3, 0.4) is 0 Å². The van der Waals surface area contributed by atoms with E-state index in [2.05, 4.69) is 21.3 Å². The van der Waals surface area contributed by atoms with Gasteiger partial charge in [-0.1, -0.05) is 12.5 Å². The lowest BCUT2D eigenvalue weighted by Crippen LogP contribution is -2.52. The van der Waals surface area contributed by atoms with Gasteiger partial charge in [-0.15, -0.1) is 0 Å². The molecule has 1 atom stereocenters. The molecule has 3 aliphatic rings. The van der Waals surface area contributed by atoms with Gasteiger partial charge in [0.05, 0.1) is 29.7 Å². The standard InChI is InChI=1S/C26H35N5O3/c1-18-16-29(26(33)34-23-6-4-3-5-7-23)25-14-20(8-9-24(25)31(18)19(2)32)21-15-28-30(17-21)22-10-12-27-13-11-22/h8-9,14-15,17-18,22-23,27H,3-7,10-13,16H2,1-2H3/t18-/m0/s1. The van der Waals surface area contributed by atoms with Crippen LogP contribution >= 0.6 is 0 Å². The molecule has 1 aromatic carbocycles. The molecule has 2 aromatic rings. The molecule has 1 saturated carbocycles. The van der Waals surface area contributed by atoms with Crippen LogP contribution in [0.15, 0.2) is 30.6 Å². The van der Waals surface area contributed by atoms with Crippen molar-refractivity contribution in [2.75, 3.05) is 29.4 Å². The van der Waals surface area contributed by atoms with Crippen molar-refractivity contribution in [1.29, 1.82) is 0 Å². The zero-order valence-corrected chi connectivity index (χ0v) is 20.2. The second-order valence-corrected chi connectivity index (χ2v) is 9.89. The van der Waals surface area contributed by atoms with Gasteiger partial charge in [-0.2, -0.15) is 5.10 Å². The van der Waals surface area contributed by atoms with Crippen LogP contribution in [0.2, 0.25) is 0 Å². The van der Waals surface area contributed by atoms with Gasteiger partial charge in [0.2, 0.25) is 5.91 Å². The number of carbonyl (C=O) groups excluding carboxylic acids is 2. The first kappa shape index (κ1) is 22.9. The molecule has 0 spiro atoms. The van der Waals surface area contributed by atoms with Crippen molar-refractivity contribution in [2.45, 2.75) is 77.0 Å². The molecule has 0 radical (unpaired) electrons. The van der Waals surface area contributed by atoms with Crippen LogP contribution < -0.4 is 15.1 Å². The van der Waals surface area contributed by atoms with Gasteiger partial charge in [0.25, 0.3) is 0 Å². The Hall–Kier alpha value is -2.87. The molecule has 3 heterocycles. The number of ether oxygens (including phenoxy) is 1. The minimum absolute atomic E-state index is 0.0164. The molecule has 34 heavy (non-hydrogen) atoms. The van der Waals surface area contributed by atoms with Gasteiger partial charge < -0.3 is 15.0 Å². The number of anilines is 2. The number of benzene rings is 1. The fraction of sp³-hybridized carbons (Fsp3) is 0.577. The number of fused-ring (bicyclic) bond motifs is 1. The highest BCUT2D eigenvalue weighted by molar-refractivity contribution is 6.03. The van der Waals surface area contributed by atoms with E-state index in [1.165, 1.54) is 6.42 Å². The Morgan fingerprint density at radius 3 is 2.53 bits per heavy atom. The molecule has 182 valence electrons. The monoisotopic (exact) mass is 465 g/mol. The summed E-state index contributed by atoms with van der Waals surface area (Å²) in [5, 5.41) is 8.03. The van der Waals surface area contributed by atoms with Crippen molar-refractivity contribution < 1.29 is 14.3 Å². The van der Waals surface area contributed by atoms with Crippen molar-refractivity contribution in [3.63, 3.8) is 0 Å². The zero-order chi connectivity index (χ0) is 23.7. The summed E-state index contributed by atoms with van der Waals surface area (Å²) in [5.74, 6) is -0.0273. The second-order valence-electron chi connectivity index (χ2n) is 9.89. The minimum atomic E-state index is -0.314. The number of aromatic nitrogens is 2. The average Bonchev–Trinajstić information content (AvgIpc) is 3.34. The van der Waals surface area contributed by atoms with Crippen molar-refractivity contribution in [3.8, 4) is 11.1 Å². The van der Waals surface area contributed by atoms with Crippen LogP contribution in [0, 0.1) is 0 Å². The molecule has 8 nitrogen and oxygen atoms in total. The van der Waals surface area contributed by atoms with Crippen LogP contribution in [0.5, 0.6) is 0 Å². The Morgan fingerprint density at radius 2 is 1.79 bits per heavy atom. The maximum absolute atomic E-state index is 13.3. The van der Waals surface area contributed by atoms with Crippen molar-refractivity contribution in [3.05, 3.63) is 30.6 Å². The topological polar surface area (TPSA) is 79.7 Å². The first-order chi connectivity index (χ1) is 16.5. The normalized spacial score (nSPS) is 21.9. The molecule has 2 aliphatic heterocycles. The first-order valence-electron chi connectivity index (χ1n) is 12.7. The Balaban J connectivity index is 1.45. The fourth-order valence-electron chi connectivity index (χ4n) is 5.60. The third kappa shape index (κ3) is 4.56. The third-order valence-electron chi connectivity index (χ3n) is 7.41. The molecule has 8 heteroatoms. The largest absolute Gasteiger partial charge is 0.446 e. The van der Waals surface area contributed by atoms with Gasteiger partial charge in [0.15, 0.2) is 0 Å². The van der Waals surface area contributed by atoms with E-state index < -0.39 is 0 Å². The van der Waals surface area contributed by atoms with E-state index in [9.17, 15) is 9.59 Å². The number of hydrogen-bond donors (Lipinski definition) is 1. The summed E-state index contributed by atoms with van der Waals surface area (Å²) in [6, 6.07) is 6.25. The zero-order valence-electron chi connectivity index (χ0n) is 20.2. The lowest BCUT2D eigenvalue weighted by Gasteiger charge is -2.41. The lowest BCUT2D eigenvalue weighted by molar-refractivity contribution is -0.117. The molecule has 2 fully saturated rings. The van der Waals surface area contributed by atoms with Crippen molar-refractivity contribution in [2.24, 2.45) is 0 Å². The highest BCUT2D eigenvalue weighted by atomic mass is 16.6. The van der Waals surface area contributed by atoms with Crippen molar-refractivity contribution in [1.82, 2.24) is 15.1 Å². The van der Waals surface area contributed by atoms with Crippen LogP contribution in [0.1, 0.15) is 64.8 Å². The molecule has 1 aliphatic carbocycles. The summed E-state index contributed by atoms with van der Waals surface area (Å²) in [6.45, 7) is 5.98. The number of rotatable bonds is 3. The molecule has 5 rings (SSSR count). The van der Waals surface area contributed by atoms with E-state index in [1.54, 1.807) is 16.7 Å². The Labute approximate surface area is 201 Å². The van der Waals surface area contributed by atoms with Crippen LogP contribution in [0.25, 0.3) is 11.1 Å². The number of nitrogens with zero attached hydrogens (tertiary/aromatic N) is 4. The molecule has 0 unspecified atom stereocenters. The lowest BCUT2D eigenvalue weighted by atomic mass is 9.98. The van der Waals surface area contributed by atoms with Gasteiger partial charge in [0.1, 0.15) is 6.10 Å². The molecule has 2 amide bonds. The Morgan fingerprint density at radius 1 is 1.03 bits per heavy atom. The number of hydrogen-bond acceptors (Lipinski definition) is 5. The van der Waals surface area contributed by atoms with Gasteiger partial charge in [0, 0.05) is 25.2 Å². The van der Waals surface area contributed by atoms with E-state index >= 15 is 0 Å². The molecular formula is C26H35N5O3.